The smallest absolute Gasteiger partial charge is 0.291 e. The Labute approximate surface area is 182 Å². The van der Waals surface area contributed by atoms with E-state index in [2.05, 4.69) is 21.7 Å². The average Bonchev–Trinajstić information content (AvgIpc) is 3.47. The van der Waals surface area contributed by atoms with Gasteiger partial charge in [0.15, 0.2) is 10.9 Å². The number of carbonyl (C=O) groups excluding carboxylic acids is 2. The zero-order valence-electron chi connectivity index (χ0n) is 16.2. The Balaban J connectivity index is 1.39. The Hall–Kier alpha value is -4.22. The van der Waals surface area contributed by atoms with Crippen molar-refractivity contribution in [3.05, 3.63) is 100 Å². The molecule has 2 N–H and O–H groups in total. The highest BCUT2D eigenvalue weighted by atomic mass is 32.1. The van der Waals surface area contributed by atoms with Gasteiger partial charge >= 0.3 is 0 Å². The van der Waals surface area contributed by atoms with Crippen LogP contribution in [0.3, 0.4) is 0 Å². The first kappa shape index (κ1) is 20.1. The van der Waals surface area contributed by atoms with E-state index in [4.69, 9.17) is 9.68 Å². The standard InChI is InChI=1S/C23H16N4O3S/c24-13-16-8-6-15(7-9-16)11-19-14-25-23(31-19)27-21(28)17-3-1-4-18(12-17)26-22(29)20-5-2-10-30-20/h1-10,12,14H,11H2,(H,26,29)(H,25,27,28). The fourth-order valence-electron chi connectivity index (χ4n) is 2.85. The minimum absolute atomic E-state index is 0.187. The fourth-order valence-corrected chi connectivity index (χ4v) is 3.70. The number of anilines is 2. The summed E-state index contributed by atoms with van der Waals surface area (Å²) in [6.07, 6.45) is 3.80. The quantitative estimate of drug-likeness (QED) is 0.463. The molecule has 2 aromatic carbocycles. The minimum atomic E-state index is -0.394. The molecule has 0 saturated heterocycles. The molecular weight excluding hydrogens is 412 g/mol. The van der Waals surface area contributed by atoms with Gasteiger partial charge in [-0.25, -0.2) is 4.98 Å². The van der Waals surface area contributed by atoms with Crippen LogP contribution in [0, 0.1) is 11.3 Å². The third-order valence-electron chi connectivity index (χ3n) is 4.36. The summed E-state index contributed by atoms with van der Waals surface area (Å²) in [5.41, 5.74) is 2.54. The fraction of sp³-hybridized carbons (Fsp3) is 0.0435. The number of hydrogen-bond acceptors (Lipinski definition) is 6. The maximum absolute atomic E-state index is 12.6. The van der Waals surface area contributed by atoms with Crippen LogP contribution >= 0.6 is 11.3 Å². The van der Waals surface area contributed by atoms with E-state index in [1.807, 2.05) is 12.1 Å². The molecule has 4 rings (SSSR count). The highest BCUT2D eigenvalue weighted by Crippen LogP contribution is 2.22. The molecule has 2 amide bonds. The number of carbonyl (C=O) groups is 2. The lowest BCUT2D eigenvalue weighted by Crippen LogP contribution is -2.14. The predicted molar refractivity (Wildman–Crippen MR) is 117 cm³/mol. The molecule has 2 aromatic heterocycles. The summed E-state index contributed by atoms with van der Waals surface area (Å²) in [4.78, 5) is 30.0. The van der Waals surface area contributed by atoms with Gasteiger partial charge in [-0.2, -0.15) is 5.26 Å². The largest absolute Gasteiger partial charge is 0.459 e. The number of rotatable bonds is 6. The van der Waals surface area contributed by atoms with E-state index in [1.165, 1.54) is 17.6 Å². The van der Waals surface area contributed by atoms with Gasteiger partial charge in [0.2, 0.25) is 0 Å². The maximum Gasteiger partial charge on any atom is 0.291 e. The molecule has 152 valence electrons. The van der Waals surface area contributed by atoms with E-state index >= 15 is 0 Å². The van der Waals surface area contributed by atoms with Crippen molar-refractivity contribution in [1.82, 2.24) is 4.98 Å². The van der Waals surface area contributed by atoms with Crippen molar-refractivity contribution in [1.29, 1.82) is 5.26 Å². The van der Waals surface area contributed by atoms with Crippen molar-refractivity contribution in [2.24, 2.45) is 0 Å². The van der Waals surface area contributed by atoms with Crippen molar-refractivity contribution in [3.8, 4) is 6.07 Å². The van der Waals surface area contributed by atoms with Crippen LogP contribution in [0.25, 0.3) is 0 Å². The molecule has 4 aromatic rings. The molecule has 2 heterocycles. The van der Waals surface area contributed by atoms with Crippen molar-refractivity contribution < 1.29 is 14.0 Å². The molecular formula is C23H16N4O3S. The molecule has 7 nitrogen and oxygen atoms in total. The van der Waals surface area contributed by atoms with Crippen molar-refractivity contribution in [2.45, 2.75) is 6.42 Å². The summed E-state index contributed by atoms with van der Waals surface area (Å²) < 4.78 is 5.07. The number of nitrogens with zero attached hydrogens (tertiary/aromatic N) is 2. The Kier molecular flexibility index (Phi) is 5.87. The van der Waals surface area contributed by atoms with Crippen LogP contribution in [0.4, 0.5) is 10.8 Å². The summed E-state index contributed by atoms with van der Waals surface area (Å²) in [5.74, 6) is -0.532. The summed E-state index contributed by atoms with van der Waals surface area (Å²) in [7, 11) is 0. The van der Waals surface area contributed by atoms with Crippen LogP contribution in [-0.4, -0.2) is 16.8 Å². The van der Waals surface area contributed by atoms with Gasteiger partial charge in [0, 0.05) is 28.7 Å². The number of furan rings is 1. The van der Waals surface area contributed by atoms with Gasteiger partial charge in [-0.1, -0.05) is 18.2 Å². The molecule has 0 fully saturated rings. The number of amides is 2. The average molecular weight is 428 g/mol. The zero-order valence-corrected chi connectivity index (χ0v) is 17.0. The second kappa shape index (κ2) is 9.07. The highest BCUT2D eigenvalue weighted by molar-refractivity contribution is 7.15. The molecule has 0 atom stereocenters. The minimum Gasteiger partial charge on any atom is -0.459 e. The Morgan fingerprint density at radius 3 is 2.61 bits per heavy atom. The molecule has 31 heavy (non-hydrogen) atoms. The first-order valence-electron chi connectivity index (χ1n) is 9.31. The van der Waals surface area contributed by atoms with E-state index < -0.39 is 5.91 Å². The monoisotopic (exact) mass is 428 g/mol. The van der Waals surface area contributed by atoms with E-state index in [1.54, 1.807) is 54.7 Å². The van der Waals surface area contributed by atoms with Gasteiger partial charge < -0.3 is 9.73 Å². The van der Waals surface area contributed by atoms with Crippen molar-refractivity contribution in [3.63, 3.8) is 0 Å². The van der Waals surface area contributed by atoms with Crippen LogP contribution < -0.4 is 10.6 Å². The van der Waals surface area contributed by atoms with Crippen LogP contribution in [0.5, 0.6) is 0 Å². The van der Waals surface area contributed by atoms with Crippen molar-refractivity contribution in [2.75, 3.05) is 10.6 Å². The molecule has 0 unspecified atom stereocenters. The second-order valence-electron chi connectivity index (χ2n) is 6.58. The third kappa shape index (κ3) is 5.04. The lowest BCUT2D eigenvalue weighted by atomic mass is 10.1. The van der Waals surface area contributed by atoms with Gasteiger partial charge in [-0.15, -0.1) is 11.3 Å². The zero-order chi connectivity index (χ0) is 21.6. The number of nitriles is 1. The van der Waals surface area contributed by atoms with Gasteiger partial charge in [0.1, 0.15) is 0 Å². The number of benzene rings is 2. The van der Waals surface area contributed by atoms with Gasteiger partial charge in [0.25, 0.3) is 11.8 Å². The number of thiazole rings is 1. The van der Waals surface area contributed by atoms with E-state index in [-0.39, 0.29) is 11.7 Å². The van der Waals surface area contributed by atoms with Gasteiger partial charge in [-0.3, -0.25) is 14.9 Å². The molecule has 0 spiro atoms. The molecule has 0 saturated carbocycles. The lowest BCUT2D eigenvalue weighted by molar-refractivity contribution is 0.0993. The summed E-state index contributed by atoms with van der Waals surface area (Å²) in [6.45, 7) is 0. The Morgan fingerprint density at radius 2 is 1.87 bits per heavy atom. The molecule has 0 radical (unpaired) electrons. The topological polar surface area (TPSA) is 108 Å². The van der Waals surface area contributed by atoms with Crippen LogP contribution in [0.1, 0.15) is 36.9 Å². The molecule has 0 bridgehead atoms. The number of nitrogens with one attached hydrogen (secondary N) is 2. The van der Waals surface area contributed by atoms with E-state index in [0.29, 0.717) is 28.4 Å². The maximum atomic E-state index is 12.6. The molecule has 8 heteroatoms. The predicted octanol–water partition coefficient (Wildman–Crippen LogP) is 4.70. The Bertz CT molecular complexity index is 1250. The third-order valence-corrected chi connectivity index (χ3v) is 5.28. The van der Waals surface area contributed by atoms with Gasteiger partial charge in [0.05, 0.1) is 17.9 Å². The normalized spacial score (nSPS) is 10.3. The summed E-state index contributed by atoms with van der Waals surface area (Å²) >= 11 is 1.38. The molecule has 0 aliphatic carbocycles. The second-order valence-corrected chi connectivity index (χ2v) is 7.70. The molecule has 0 aliphatic rings. The highest BCUT2D eigenvalue weighted by Gasteiger charge is 2.13. The Morgan fingerprint density at radius 1 is 1.03 bits per heavy atom. The SMILES string of the molecule is N#Cc1ccc(Cc2cnc(NC(=O)c3cccc(NC(=O)c4ccco4)c3)s2)cc1. The first-order chi connectivity index (χ1) is 15.1. The van der Waals surface area contributed by atoms with Crippen molar-refractivity contribution >= 4 is 34.0 Å². The summed E-state index contributed by atoms with van der Waals surface area (Å²) in [6, 6.07) is 19.3. The van der Waals surface area contributed by atoms with Crippen LogP contribution in [-0.2, 0) is 6.42 Å². The first-order valence-corrected chi connectivity index (χ1v) is 10.1. The number of hydrogen-bond donors (Lipinski definition) is 2. The van der Waals surface area contributed by atoms with Crippen LogP contribution in [0.15, 0.2) is 77.5 Å². The van der Waals surface area contributed by atoms with Gasteiger partial charge in [-0.05, 0) is 48.0 Å². The van der Waals surface area contributed by atoms with E-state index in [9.17, 15) is 9.59 Å². The summed E-state index contributed by atoms with van der Waals surface area (Å²) in [5, 5.41) is 14.8. The lowest BCUT2D eigenvalue weighted by Gasteiger charge is -2.06. The van der Waals surface area contributed by atoms with E-state index in [0.717, 1.165) is 10.4 Å². The van der Waals surface area contributed by atoms with Crippen LogP contribution in [0.2, 0.25) is 0 Å². The molecule has 0 aliphatic heterocycles. The number of aromatic nitrogens is 1.